The van der Waals surface area contributed by atoms with Gasteiger partial charge in [0.1, 0.15) is 5.75 Å². The fourth-order valence-electron chi connectivity index (χ4n) is 1.35. The molecule has 0 fully saturated rings. The maximum atomic E-state index is 5.46. The van der Waals surface area contributed by atoms with Gasteiger partial charge in [-0.05, 0) is 42.8 Å². The monoisotopic (exact) mass is 236 g/mol. The Morgan fingerprint density at radius 2 is 2.31 bits per heavy atom. The second-order valence-corrected chi connectivity index (χ2v) is 3.94. The van der Waals surface area contributed by atoms with Crippen molar-refractivity contribution in [1.82, 2.24) is 14.8 Å². The van der Waals surface area contributed by atoms with E-state index in [2.05, 4.69) is 20.1 Å². The van der Waals surface area contributed by atoms with E-state index in [-0.39, 0.29) is 0 Å². The summed E-state index contributed by atoms with van der Waals surface area (Å²) >= 11 is 1.22. The maximum absolute atomic E-state index is 5.46. The van der Waals surface area contributed by atoms with Crippen LogP contribution in [0.1, 0.15) is 12.5 Å². The van der Waals surface area contributed by atoms with Crippen molar-refractivity contribution >= 4 is 22.4 Å². The number of hydrogen-bond donors (Lipinski definition) is 1. The molecule has 1 aromatic heterocycles. The predicted molar refractivity (Wildman–Crippen MR) is 63.3 cm³/mol. The molecule has 6 heteroatoms. The van der Waals surface area contributed by atoms with Gasteiger partial charge in [-0.1, -0.05) is 9.59 Å². The third kappa shape index (κ3) is 2.46. The van der Waals surface area contributed by atoms with Gasteiger partial charge >= 0.3 is 0 Å². The molecule has 0 aliphatic heterocycles. The standard InChI is InChI=1S/C10H12N4OS/c1-3-15-9-5-4-8(6-7(9)2)11-10-12-13-14-16-10/h4-6H,3H2,1-2H3,(H,11,12,14). The van der Waals surface area contributed by atoms with E-state index in [1.807, 2.05) is 32.0 Å². The summed E-state index contributed by atoms with van der Waals surface area (Å²) in [5.41, 5.74) is 2.05. The predicted octanol–water partition coefficient (Wildman–Crippen LogP) is 2.38. The quantitative estimate of drug-likeness (QED) is 0.883. The van der Waals surface area contributed by atoms with E-state index in [9.17, 15) is 0 Å². The normalized spacial score (nSPS) is 10.1. The summed E-state index contributed by atoms with van der Waals surface area (Å²) in [6.07, 6.45) is 0. The highest BCUT2D eigenvalue weighted by Crippen LogP contribution is 2.24. The molecule has 0 unspecified atom stereocenters. The number of nitrogens with zero attached hydrogens (tertiary/aromatic N) is 3. The zero-order chi connectivity index (χ0) is 11.4. The molecule has 84 valence electrons. The first-order valence-corrected chi connectivity index (χ1v) is 5.72. The zero-order valence-electron chi connectivity index (χ0n) is 9.10. The molecule has 2 rings (SSSR count). The van der Waals surface area contributed by atoms with Crippen LogP contribution in [-0.4, -0.2) is 21.4 Å². The molecule has 0 aliphatic rings. The summed E-state index contributed by atoms with van der Waals surface area (Å²) in [6.45, 7) is 4.65. The molecule has 0 atom stereocenters. The number of aryl methyl sites for hydroxylation is 1. The lowest BCUT2D eigenvalue weighted by Gasteiger charge is -2.08. The van der Waals surface area contributed by atoms with E-state index in [4.69, 9.17) is 4.74 Å². The first kappa shape index (κ1) is 10.8. The van der Waals surface area contributed by atoms with Crippen LogP contribution in [0, 0.1) is 6.92 Å². The second-order valence-electron chi connectivity index (χ2n) is 3.21. The Morgan fingerprint density at radius 3 is 2.94 bits per heavy atom. The minimum Gasteiger partial charge on any atom is -0.494 e. The first-order valence-electron chi connectivity index (χ1n) is 4.95. The van der Waals surface area contributed by atoms with Crippen molar-refractivity contribution in [3.63, 3.8) is 0 Å². The molecule has 0 aliphatic carbocycles. The van der Waals surface area contributed by atoms with Crippen molar-refractivity contribution in [2.24, 2.45) is 0 Å². The highest BCUT2D eigenvalue weighted by molar-refractivity contribution is 7.09. The van der Waals surface area contributed by atoms with Crippen molar-refractivity contribution in [2.75, 3.05) is 11.9 Å². The van der Waals surface area contributed by atoms with Gasteiger partial charge in [0.05, 0.1) is 6.61 Å². The van der Waals surface area contributed by atoms with E-state index >= 15 is 0 Å². The number of hydrogen-bond acceptors (Lipinski definition) is 6. The molecule has 0 bridgehead atoms. The fourth-order valence-corrected chi connectivity index (χ4v) is 1.74. The van der Waals surface area contributed by atoms with Gasteiger partial charge in [-0.15, -0.1) is 0 Å². The van der Waals surface area contributed by atoms with Crippen LogP contribution in [0.15, 0.2) is 18.2 Å². The van der Waals surface area contributed by atoms with Crippen molar-refractivity contribution in [1.29, 1.82) is 0 Å². The topological polar surface area (TPSA) is 59.9 Å². The highest BCUT2D eigenvalue weighted by Gasteiger charge is 2.02. The average Bonchev–Trinajstić information content (AvgIpc) is 2.75. The lowest BCUT2D eigenvalue weighted by atomic mass is 10.2. The Morgan fingerprint density at radius 1 is 1.44 bits per heavy atom. The highest BCUT2D eigenvalue weighted by atomic mass is 32.1. The van der Waals surface area contributed by atoms with Gasteiger partial charge in [0.2, 0.25) is 5.13 Å². The van der Waals surface area contributed by atoms with Crippen molar-refractivity contribution < 1.29 is 4.74 Å². The number of anilines is 2. The van der Waals surface area contributed by atoms with Gasteiger partial charge < -0.3 is 10.1 Å². The summed E-state index contributed by atoms with van der Waals surface area (Å²) in [7, 11) is 0. The van der Waals surface area contributed by atoms with Crippen molar-refractivity contribution in [3.05, 3.63) is 23.8 Å². The molecule has 1 aromatic carbocycles. The molecule has 1 heterocycles. The summed E-state index contributed by atoms with van der Waals surface area (Å²) < 4.78 is 9.14. The van der Waals surface area contributed by atoms with E-state index in [1.165, 1.54) is 11.5 Å². The molecule has 1 N–H and O–H groups in total. The summed E-state index contributed by atoms with van der Waals surface area (Å²) in [5, 5.41) is 11.1. The van der Waals surface area contributed by atoms with Gasteiger partial charge in [-0.3, -0.25) is 0 Å². The van der Waals surface area contributed by atoms with E-state index in [0.717, 1.165) is 17.0 Å². The Balaban J connectivity index is 2.15. The van der Waals surface area contributed by atoms with E-state index in [0.29, 0.717) is 11.7 Å². The molecular formula is C10H12N4OS. The number of benzene rings is 1. The first-order chi connectivity index (χ1) is 7.79. The maximum Gasteiger partial charge on any atom is 0.229 e. The zero-order valence-corrected chi connectivity index (χ0v) is 9.91. The Kier molecular flexibility index (Phi) is 3.31. The van der Waals surface area contributed by atoms with Crippen LogP contribution in [0.3, 0.4) is 0 Å². The smallest absolute Gasteiger partial charge is 0.229 e. The van der Waals surface area contributed by atoms with Crippen LogP contribution in [-0.2, 0) is 0 Å². The fraction of sp³-hybridized carbons (Fsp3) is 0.300. The van der Waals surface area contributed by atoms with Gasteiger partial charge in [0.25, 0.3) is 0 Å². The molecule has 2 aromatic rings. The van der Waals surface area contributed by atoms with Gasteiger partial charge in [0.15, 0.2) is 0 Å². The Bertz CT molecular complexity index is 458. The van der Waals surface area contributed by atoms with Crippen LogP contribution >= 0.6 is 11.5 Å². The third-order valence-corrected chi connectivity index (χ3v) is 2.54. The molecule has 0 saturated carbocycles. The lowest BCUT2D eigenvalue weighted by molar-refractivity contribution is 0.338. The second kappa shape index (κ2) is 4.89. The average molecular weight is 236 g/mol. The molecular weight excluding hydrogens is 224 g/mol. The molecule has 0 spiro atoms. The minimum absolute atomic E-state index is 0.675. The van der Waals surface area contributed by atoms with Gasteiger partial charge in [-0.25, -0.2) is 0 Å². The number of aromatic nitrogens is 3. The lowest BCUT2D eigenvalue weighted by Crippen LogP contribution is -1.95. The number of rotatable bonds is 4. The summed E-state index contributed by atoms with van der Waals surface area (Å²) in [4.78, 5) is 0. The Hall–Kier alpha value is -1.69. The number of ether oxygens (including phenoxy) is 1. The van der Waals surface area contributed by atoms with Crippen LogP contribution in [0.25, 0.3) is 0 Å². The largest absolute Gasteiger partial charge is 0.494 e. The molecule has 5 nitrogen and oxygen atoms in total. The minimum atomic E-state index is 0.675. The van der Waals surface area contributed by atoms with Crippen LogP contribution in [0.4, 0.5) is 10.8 Å². The number of nitrogens with one attached hydrogen (secondary N) is 1. The molecule has 0 amide bonds. The van der Waals surface area contributed by atoms with E-state index < -0.39 is 0 Å². The van der Waals surface area contributed by atoms with Gasteiger partial charge in [0, 0.05) is 17.2 Å². The van der Waals surface area contributed by atoms with Crippen LogP contribution < -0.4 is 10.1 Å². The Labute approximate surface area is 97.6 Å². The summed E-state index contributed by atoms with van der Waals surface area (Å²) in [6, 6.07) is 5.89. The van der Waals surface area contributed by atoms with E-state index in [1.54, 1.807) is 0 Å². The SMILES string of the molecule is CCOc1ccc(Nc2nnns2)cc1C. The molecule has 0 saturated heterocycles. The molecule has 0 radical (unpaired) electrons. The van der Waals surface area contributed by atoms with Crippen LogP contribution in [0.5, 0.6) is 5.75 Å². The van der Waals surface area contributed by atoms with Crippen molar-refractivity contribution in [3.8, 4) is 5.75 Å². The van der Waals surface area contributed by atoms with Crippen LogP contribution in [0.2, 0.25) is 0 Å². The summed E-state index contributed by atoms with van der Waals surface area (Å²) in [5.74, 6) is 0.906. The molecule has 16 heavy (non-hydrogen) atoms. The third-order valence-electron chi connectivity index (χ3n) is 2.03. The van der Waals surface area contributed by atoms with Crippen molar-refractivity contribution in [2.45, 2.75) is 13.8 Å². The van der Waals surface area contributed by atoms with Gasteiger partial charge in [-0.2, -0.15) is 0 Å².